The lowest BCUT2D eigenvalue weighted by Gasteiger charge is -2.35. The van der Waals surface area contributed by atoms with Gasteiger partial charge >= 0.3 is 0 Å². The smallest absolute Gasteiger partial charge is 0.0710 e. The molecule has 0 radical (unpaired) electrons. The van der Waals surface area contributed by atoms with E-state index in [9.17, 15) is 0 Å². The number of ether oxygens (including phenoxy) is 1. The largest absolute Gasteiger partial charge is 0.377 e. The highest BCUT2D eigenvalue weighted by Crippen LogP contribution is 2.45. The van der Waals surface area contributed by atoms with Gasteiger partial charge < -0.3 is 4.74 Å². The lowest BCUT2D eigenvalue weighted by Crippen LogP contribution is -2.36. The highest BCUT2D eigenvalue weighted by molar-refractivity contribution is 5.42. The van der Waals surface area contributed by atoms with Crippen molar-refractivity contribution in [2.45, 2.75) is 31.3 Å². The Balaban J connectivity index is 2.17. The standard InChI is InChI=1S/C18H20O/c1-2-17-18(13-14-19-17,15-9-5-3-6-10-15)16-11-7-4-8-12-16/h3-12,17H,2,13-14H2,1H3. The predicted molar refractivity (Wildman–Crippen MR) is 78.3 cm³/mol. The molecule has 1 aliphatic rings. The maximum Gasteiger partial charge on any atom is 0.0710 e. The lowest BCUT2D eigenvalue weighted by atomic mass is 9.69. The molecule has 0 saturated carbocycles. The Morgan fingerprint density at radius 3 is 1.95 bits per heavy atom. The van der Waals surface area contributed by atoms with E-state index in [2.05, 4.69) is 67.6 Å². The van der Waals surface area contributed by atoms with Gasteiger partial charge in [0.25, 0.3) is 0 Å². The molecule has 3 rings (SSSR count). The van der Waals surface area contributed by atoms with Crippen LogP contribution in [0.15, 0.2) is 60.7 Å². The Morgan fingerprint density at radius 1 is 0.947 bits per heavy atom. The molecule has 1 fully saturated rings. The summed E-state index contributed by atoms with van der Waals surface area (Å²) in [7, 11) is 0. The van der Waals surface area contributed by atoms with Crippen LogP contribution in [-0.4, -0.2) is 12.7 Å². The van der Waals surface area contributed by atoms with Crippen LogP contribution < -0.4 is 0 Å². The fourth-order valence-electron chi connectivity index (χ4n) is 3.43. The van der Waals surface area contributed by atoms with Crippen molar-refractivity contribution < 1.29 is 4.74 Å². The Bertz CT molecular complexity index is 478. The molecule has 1 aliphatic heterocycles. The summed E-state index contributed by atoms with van der Waals surface area (Å²) in [5, 5.41) is 0. The van der Waals surface area contributed by atoms with Crippen LogP contribution in [0, 0.1) is 0 Å². The van der Waals surface area contributed by atoms with Crippen LogP contribution in [0.25, 0.3) is 0 Å². The molecule has 19 heavy (non-hydrogen) atoms. The average molecular weight is 252 g/mol. The van der Waals surface area contributed by atoms with Crippen molar-refractivity contribution in [1.82, 2.24) is 0 Å². The van der Waals surface area contributed by atoms with Gasteiger partial charge in [-0.15, -0.1) is 0 Å². The maximum atomic E-state index is 6.03. The predicted octanol–water partition coefficient (Wildman–Crippen LogP) is 4.17. The molecule has 0 spiro atoms. The summed E-state index contributed by atoms with van der Waals surface area (Å²) in [4.78, 5) is 0. The monoisotopic (exact) mass is 252 g/mol. The Hall–Kier alpha value is -1.60. The summed E-state index contributed by atoms with van der Waals surface area (Å²) in [6.07, 6.45) is 2.39. The molecule has 1 atom stereocenters. The van der Waals surface area contributed by atoms with Crippen LogP contribution in [-0.2, 0) is 10.2 Å². The number of rotatable bonds is 3. The average Bonchev–Trinajstić information content (AvgIpc) is 2.94. The van der Waals surface area contributed by atoms with Crippen molar-refractivity contribution in [3.05, 3.63) is 71.8 Å². The van der Waals surface area contributed by atoms with Crippen molar-refractivity contribution in [3.8, 4) is 0 Å². The second-order valence-corrected chi connectivity index (χ2v) is 5.22. The quantitative estimate of drug-likeness (QED) is 0.796. The van der Waals surface area contributed by atoms with Gasteiger partial charge in [0, 0.05) is 12.0 Å². The van der Waals surface area contributed by atoms with Gasteiger partial charge in [0.2, 0.25) is 0 Å². The van der Waals surface area contributed by atoms with E-state index in [1.165, 1.54) is 11.1 Å². The minimum Gasteiger partial charge on any atom is -0.377 e. The van der Waals surface area contributed by atoms with Crippen LogP contribution >= 0.6 is 0 Å². The molecular weight excluding hydrogens is 232 g/mol. The van der Waals surface area contributed by atoms with E-state index in [1.807, 2.05) is 0 Å². The first-order chi connectivity index (χ1) is 9.38. The van der Waals surface area contributed by atoms with Crippen molar-refractivity contribution in [2.75, 3.05) is 6.61 Å². The summed E-state index contributed by atoms with van der Waals surface area (Å²) in [6.45, 7) is 3.07. The van der Waals surface area contributed by atoms with E-state index in [1.54, 1.807) is 0 Å². The topological polar surface area (TPSA) is 9.23 Å². The number of benzene rings is 2. The lowest BCUT2D eigenvalue weighted by molar-refractivity contribution is 0.0850. The molecule has 1 nitrogen and oxygen atoms in total. The van der Waals surface area contributed by atoms with Crippen LogP contribution in [0.4, 0.5) is 0 Å². The van der Waals surface area contributed by atoms with Gasteiger partial charge in [-0.1, -0.05) is 67.6 Å². The zero-order valence-electron chi connectivity index (χ0n) is 11.4. The van der Waals surface area contributed by atoms with E-state index in [0.717, 1.165) is 19.4 Å². The highest BCUT2D eigenvalue weighted by Gasteiger charge is 2.45. The van der Waals surface area contributed by atoms with E-state index in [4.69, 9.17) is 4.74 Å². The normalized spacial score (nSPS) is 21.4. The second-order valence-electron chi connectivity index (χ2n) is 5.22. The van der Waals surface area contributed by atoms with Crippen molar-refractivity contribution >= 4 is 0 Å². The minimum absolute atomic E-state index is 0.0251. The van der Waals surface area contributed by atoms with Gasteiger partial charge in [-0.25, -0.2) is 0 Å². The Kier molecular flexibility index (Phi) is 3.39. The van der Waals surface area contributed by atoms with Crippen LogP contribution in [0.3, 0.4) is 0 Å². The molecule has 98 valence electrons. The molecular formula is C18H20O. The summed E-state index contributed by atoms with van der Waals surface area (Å²) in [5.41, 5.74) is 2.79. The summed E-state index contributed by atoms with van der Waals surface area (Å²) < 4.78 is 6.03. The molecule has 1 heteroatoms. The summed E-state index contributed by atoms with van der Waals surface area (Å²) in [6, 6.07) is 21.6. The van der Waals surface area contributed by atoms with Crippen molar-refractivity contribution in [1.29, 1.82) is 0 Å². The molecule has 1 saturated heterocycles. The highest BCUT2D eigenvalue weighted by atomic mass is 16.5. The first kappa shape index (κ1) is 12.4. The van der Waals surface area contributed by atoms with Gasteiger partial charge in [0.15, 0.2) is 0 Å². The number of hydrogen-bond acceptors (Lipinski definition) is 1. The molecule has 0 aliphatic carbocycles. The fraction of sp³-hybridized carbons (Fsp3) is 0.333. The molecule has 0 amide bonds. The molecule has 2 aromatic carbocycles. The van der Waals surface area contributed by atoms with Gasteiger partial charge in [0.1, 0.15) is 0 Å². The minimum atomic E-state index is 0.0251. The van der Waals surface area contributed by atoms with Crippen LogP contribution in [0.2, 0.25) is 0 Å². The first-order valence-electron chi connectivity index (χ1n) is 7.10. The molecule has 2 aromatic rings. The molecule has 0 N–H and O–H groups in total. The zero-order chi connectivity index (χ0) is 13.1. The Morgan fingerprint density at radius 2 is 1.47 bits per heavy atom. The van der Waals surface area contributed by atoms with Crippen molar-refractivity contribution in [2.24, 2.45) is 0 Å². The third-order valence-corrected chi connectivity index (χ3v) is 4.31. The maximum absolute atomic E-state index is 6.03. The van der Waals surface area contributed by atoms with Crippen LogP contribution in [0.1, 0.15) is 30.9 Å². The van der Waals surface area contributed by atoms with Crippen molar-refractivity contribution in [3.63, 3.8) is 0 Å². The van der Waals surface area contributed by atoms with E-state index in [-0.39, 0.29) is 11.5 Å². The van der Waals surface area contributed by atoms with Gasteiger partial charge in [-0.3, -0.25) is 0 Å². The van der Waals surface area contributed by atoms with Gasteiger partial charge in [-0.2, -0.15) is 0 Å². The van der Waals surface area contributed by atoms with Gasteiger partial charge in [-0.05, 0) is 24.0 Å². The van der Waals surface area contributed by atoms with E-state index < -0.39 is 0 Å². The first-order valence-corrected chi connectivity index (χ1v) is 7.10. The second kappa shape index (κ2) is 5.18. The zero-order valence-corrected chi connectivity index (χ0v) is 11.4. The SMILES string of the molecule is CCC1OCCC1(c1ccccc1)c1ccccc1. The Labute approximate surface area is 115 Å². The number of hydrogen-bond donors (Lipinski definition) is 0. The van der Waals surface area contributed by atoms with Gasteiger partial charge in [0.05, 0.1) is 6.10 Å². The third kappa shape index (κ3) is 1.98. The van der Waals surface area contributed by atoms with E-state index >= 15 is 0 Å². The summed E-state index contributed by atoms with van der Waals surface area (Å²) >= 11 is 0. The molecule has 0 aromatic heterocycles. The third-order valence-electron chi connectivity index (χ3n) is 4.31. The molecule has 1 unspecified atom stereocenters. The molecule has 1 heterocycles. The van der Waals surface area contributed by atoms with Crippen LogP contribution in [0.5, 0.6) is 0 Å². The summed E-state index contributed by atoms with van der Waals surface area (Å²) in [5.74, 6) is 0. The molecule has 0 bridgehead atoms. The van der Waals surface area contributed by atoms with E-state index in [0.29, 0.717) is 0 Å². The fourth-order valence-corrected chi connectivity index (χ4v) is 3.43.